The summed E-state index contributed by atoms with van der Waals surface area (Å²) in [6, 6.07) is 3.48. The minimum Gasteiger partial charge on any atom is -0.357 e. The molecule has 5 nitrogen and oxygen atoms in total. The first-order valence-electron chi connectivity index (χ1n) is 8.33. The molecule has 1 aromatic rings. The van der Waals surface area contributed by atoms with Crippen molar-refractivity contribution in [2.75, 3.05) is 26.2 Å². The molecule has 0 unspecified atom stereocenters. The van der Waals surface area contributed by atoms with Gasteiger partial charge in [-0.2, -0.15) is 0 Å². The fraction of sp³-hybridized carbons (Fsp3) is 0.529. The quantitative estimate of drug-likeness (QED) is 0.383. The molecule has 7 heteroatoms. The van der Waals surface area contributed by atoms with Gasteiger partial charge < -0.3 is 16.0 Å². The van der Waals surface area contributed by atoms with Crippen molar-refractivity contribution in [1.29, 1.82) is 0 Å². The molecule has 1 aliphatic rings. The van der Waals surface area contributed by atoms with Gasteiger partial charge in [-0.3, -0.25) is 9.79 Å². The smallest absolute Gasteiger partial charge is 0.223 e. The Hall–Kier alpha value is -2.18. The summed E-state index contributed by atoms with van der Waals surface area (Å²) in [5.41, 5.74) is 0.573. The van der Waals surface area contributed by atoms with Crippen LogP contribution >= 0.6 is 0 Å². The van der Waals surface area contributed by atoms with Crippen molar-refractivity contribution >= 4 is 11.9 Å². The van der Waals surface area contributed by atoms with E-state index in [2.05, 4.69) is 20.9 Å². The zero-order valence-electron chi connectivity index (χ0n) is 13.9. The number of aliphatic imine (C=N–C) groups is 1. The predicted molar refractivity (Wildman–Crippen MR) is 89.8 cm³/mol. The molecule has 3 N–H and O–H groups in total. The van der Waals surface area contributed by atoms with Gasteiger partial charge in [-0.25, -0.2) is 8.78 Å². The standard InChI is InChI=1S/C17H24F2N4O/c1-2-20-17(23-8-7-21-16(24)13-3-4-13)22-6-5-12-9-14(18)11-15(19)10-12/h9-11,13H,2-8H2,1H3,(H,21,24)(H2,20,22,23). The number of nitrogens with zero attached hydrogens (tertiary/aromatic N) is 1. The highest BCUT2D eigenvalue weighted by Gasteiger charge is 2.28. The lowest BCUT2D eigenvalue weighted by molar-refractivity contribution is -0.122. The van der Waals surface area contributed by atoms with E-state index in [4.69, 9.17) is 0 Å². The van der Waals surface area contributed by atoms with Gasteiger partial charge in [0.15, 0.2) is 5.96 Å². The van der Waals surface area contributed by atoms with Gasteiger partial charge in [-0.15, -0.1) is 0 Å². The maximum atomic E-state index is 13.1. The number of nitrogens with one attached hydrogen (secondary N) is 3. The van der Waals surface area contributed by atoms with Crippen LogP contribution in [0.5, 0.6) is 0 Å². The molecule has 132 valence electrons. The molecule has 0 atom stereocenters. The van der Waals surface area contributed by atoms with E-state index in [0.29, 0.717) is 44.1 Å². The summed E-state index contributed by atoms with van der Waals surface area (Å²) in [5, 5.41) is 9.08. The fourth-order valence-electron chi connectivity index (χ4n) is 2.25. The molecule has 0 heterocycles. The van der Waals surface area contributed by atoms with Crippen LogP contribution in [0.25, 0.3) is 0 Å². The largest absolute Gasteiger partial charge is 0.357 e. The van der Waals surface area contributed by atoms with Gasteiger partial charge >= 0.3 is 0 Å². The van der Waals surface area contributed by atoms with Crippen LogP contribution in [0.4, 0.5) is 8.78 Å². The van der Waals surface area contributed by atoms with E-state index in [1.807, 2.05) is 6.92 Å². The second-order valence-corrected chi connectivity index (χ2v) is 5.78. The number of amides is 1. The van der Waals surface area contributed by atoms with E-state index in [9.17, 15) is 13.6 Å². The van der Waals surface area contributed by atoms with E-state index in [1.54, 1.807) is 0 Å². The maximum Gasteiger partial charge on any atom is 0.223 e. The number of hydrogen-bond acceptors (Lipinski definition) is 2. The van der Waals surface area contributed by atoms with Crippen molar-refractivity contribution in [2.45, 2.75) is 26.2 Å². The Labute approximate surface area is 140 Å². The Morgan fingerprint density at radius 3 is 2.42 bits per heavy atom. The summed E-state index contributed by atoms with van der Waals surface area (Å²) in [6.07, 6.45) is 2.43. The third-order valence-corrected chi connectivity index (χ3v) is 3.60. The molecular formula is C17H24F2N4O. The monoisotopic (exact) mass is 338 g/mol. The molecule has 0 spiro atoms. The highest BCUT2D eigenvalue weighted by molar-refractivity contribution is 5.81. The molecule has 1 aliphatic carbocycles. The highest BCUT2D eigenvalue weighted by atomic mass is 19.1. The fourth-order valence-corrected chi connectivity index (χ4v) is 2.25. The van der Waals surface area contributed by atoms with Crippen LogP contribution in [-0.4, -0.2) is 38.0 Å². The van der Waals surface area contributed by atoms with Crippen molar-refractivity contribution in [1.82, 2.24) is 16.0 Å². The van der Waals surface area contributed by atoms with Gasteiger partial charge in [-0.05, 0) is 43.9 Å². The summed E-state index contributed by atoms with van der Waals surface area (Å²) in [7, 11) is 0. The van der Waals surface area contributed by atoms with Crippen LogP contribution in [0.1, 0.15) is 25.3 Å². The minimum absolute atomic E-state index is 0.117. The normalized spacial score (nSPS) is 14.4. The van der Waals surface area contributed by atoms with E-state index >= 15 is 0 Å². The Morgan fingerprint density at radius 2 is 1.79 bits per heavy atom. The molecule has 1 amide bonds. The van der Waals surface area contributed by atoms with Crippen molar-refractivity contribution in [3.05, 3.63) is 35.4 Å². The number of benzene rings is 1. The average Bonchev–Trinajstić information content (AvgIpc) is 3.35. The number of rotatable bonds is 8. The topological polar surface area (TPSA) is 65.5 Å². The van der Waals surface area contributed by atoms with Crippen LogP contribution < -0.4 is 16.0 Å². The lowest BCUT2D eigenvalue weighted by Gasteiger charge is -2.12. The Bertz CT molecular complexity index is 568. The Kier molecular flexibility index (Phi) is 6.96. The van der Waals surface area contributed by atoms with E-state index < -0.39 is 11.6 Å². The molecule has 1 aromatic carbocycles. The molecule has 0 aliphatic heterocycles. The molecular weight excluding hydrogens is 314 g/mol. The number of carbonyl (C=O) groups is 1. The number of halogens is 2. The van der Waals surface area contributed by atoms with Crippen LogP contribution in [0.3, 0.4) is 0 Å². The maximum absolute atomic E-state index is 13.1. The number of guanidine groups is 1. The number of hydrogen-bond donors (Lipinski definition) is 3. The first-order chi connectivity index (χ1) is 11.6. The van der Waals surface area contributed by atoms with Gasteiger partial charge in [-0.1, -0.05) is 0 Å². The summed E-state index contributed by atoms with van der Waals surface area (Å²) in [5.74, 6) is -0.212. The third kappa shape index (κ3) is 6.52. The van der Waals surface area contributed by atoms with Crippen molar-refractivity contribution in [2.24, 2.45) is 10.9 Å². The number of carbonyl (C=O) groups excluding carboxylic acids is 1. The van der Waals surface area contributed by atoms with E-state index in [1.165, 1.54) is 12.1 Å². The summed E-state index contributed by atoms with van der Waals surface area (Å²) >= 11 is 0. The molecule has 0 radical (unpaired) electrons. The summed E-state index contributed by atoms with van der Waals surface area (Å²) < 4.78 is 26.3. The van der Waals surface area contributed by atoms with E-state index in [-0.39, 0.29) is 11.8 Å². The predicted octanol–water partition coefficient (Wildman–Crippen LogP) is 1.59. The van der Waals surface area contributed by atoms with Crippen molar-refractivity contribution in [3.8, 4) is 0 Å². The van der Waals surface area contributed by atoms with Crippen molar-refractivity contribution in [3.63, 3.8) is 0 Å². The molecule has 1 saturated carbocycles. The lowest BCUT2D eigenvalue weighted by atomic mass is 10.1. The molecule has 1 fully saturated rings. The molecule has 24 heavy (non-hydrogen) atoms. The first-order valence-corrected chi connectivity index (χ1v) is 8.33. The average molecular weight is 338 g/mol. The zero-order valence-corrected chi connectivity index (χ0v) is 13.9. The SMILES string of the molecule is CCNC(=NCCc1cc(F)cc(F)c1)NCCNC(=O)C1CC1. The minimum atomic E-state index is -0.578. The van der Waals surface area contributed by atoms with Gasteiger partial charge in [0.1, 0.15) is 11.6 Å². The summed E-state index contributed by atoms with van der Waals surface area (Å²) in [6.45, 7) is 4.17. The highest BCUT2D eigenvalue weighted by Crippen LogP contribution is 2.28. The first kappa shape index (κ1) is 18.2. The second kappa shape index (κ2) is 9.20. The zero-order chi connectivity index (χ0) is 17.4. The van der Waals surface area contributed by atoms with Crippen LogP contribution in [0.15, 0.2) is 23.2 Å². The molecule has 0 saturated heterocycles. The van der Waals surface area contributed by atoms with Crippen LogP contribution in [-0.2, 0) is 11.2 Å². The van der Waals surface area contributed by atoms with Crippen LogP contribution in [0.2, 0.25) is 0 Å². The second-order valence-electron chi connectivity index (χ2n) is 5.78. The lowest BCUT2D eigenvalue weighted by Crippen LogP contribution is -2.41. The summed E-state index contributed by atoms with van der Waals surface area (Å²) in [4.78, 5) is 15.9. The van der Waals surface area contributed by atoms with Crippen molar-refractivity contribution < 1.29 is 13.6 Å². The molecule has 2 rings (SSSR count). The Balaban J connectivity index is 1.73. The van der Waals surface area contributed by atoms with E-state index in [0.717, 1.165) is 18.9 Å². The van der Waals surface area contributed by atoms with Crippen LogP contribution in [0, 0.1) is 17.6 Å². The van der Waals surface area contributed by atoms with Gasteiger partial charge in [0.05, 0.1) is 0 Å². The Morgan fingerprint density at radius 1 is 1.12 bits per heavy atom. The van der Waals surface area contributed by atoms with Gasteiger partial charge in [0.2, 0.25) is 5.91 Å². The molecule has 0 aromatic heterocycles. The molecule has 0 bridgehead atoms. The third-order valence-electron chi connectivity index (χ3n) is 3.60. The van der Waals surface area contributed by atoms with Gasteiger partial charge in [0.25, 0.3) is 0 Å². The van der Waals surface area contributed by atoms with Gasteiger partial charge in [0, 0.05) is 38.2 Å².